The van der Waals surface area contributed by atoms with Crippen LogP contribution in [0.15, 0.2) is 0 Å². The predicted molar refractivity (Wildman–Crippen MR) is 70.6 cm³/mol. The second-order valence-corrected chi connectivity index (χ2v) is 5.96. The molecule has 0 amide bonds. The van der Waals surface area contributed by atoms with Crippen LogP contribution in [-0.4, -0.2) is 13.1 Å². The average molecular weight is 223 g/mol. The van der Waals surface area contributed by atoms with Crippen LogP contribution in [0.1, 0.15) is 64.7 Å². The van der Waals surface area contributed by atoms with Gasteiger partial charge in [-0.15, -0.1) is 0 Å². The molecule has 0 aromatic rings. The molecule has 0 saturated heterocycles. The fourth-order valence-electron chi connectivity index (χ4n) is 3.62. The van der Waals surface area contributed by atoms with Crippen molar-refractivity contribution in [2.75, 3.05) is 13.1 Å². The zero-order valence-corrected chi connectivity index (χ0v) is 11.0. The van der Waals surface area contributed by atoms with Gasteiger partial charge in [0.05, 0.1) is 0 Å². The lowest BCUT2D eigenvalue weighted by Crippen LogP contribution is -2.34. The smallest absolute Gasteiger partial charge is 0.00178 e. The number of hydrogen-bond donors (Lipinski definition) is 1. The van der Waals surface area contributed by atoms with E-state index in [0.29, 0.717) is 0 Å². The second kappa shape index (κ2) is 6.64. The molecule has 1 heteroatoms. The molecule has 2 fully saturated rings. The molecule has 0 radical (unpaired) electrons. The van der Waals surface area contributed by atoms with Gasteiger partial charge in [-0.3, -0.25) is 0 Å². The van der Waals surface area contributed by atoms with E-state index < -0.39 is 0 Å². The largest absolute Gasteiger partial charge is 0.316 e. The van der Waals surface area contributed by atoms with E-state index in [1.165, 1.54) is 70.9 Å². The molecule has 2 unspecified atom stereocenters. The van der Waals surface area contributed by atoms with E-state index in [1.807, 2.05) is 0 Å². The second-order valence-electron chi connectivity index (χ2n) is 5.96. The van der Waals surface area contributed by atoms with Crippen LogP contribution in [0.3, 0.4) is 0 Å². The van der Waals surface area contributed by atoms with Gasteiger partial charge in [-0.1, -0.05) is 45.4 Å². The molecule has 2 atom stereocenters. The van der Waals surface area contributed by atoms with Gasteiger partial charge in [0.15, 0.2) is 0 Å². The molecule has 94 valence electrons. The molecular weight excluding hydrogens is 194 g/mol. The SMILES string of the molecule is CCCNCC1CCCCCC1C1CCC1. The number of rotatable bonds is 5. The zero-order valence-electron chi connectivity index (χ0n) is 11.0. The van der Waals surface area contributed by atoms with Crippen molar-refractivity contribution < 1.29 is 0 Å². The lowest BCUT2D eigenvalue weighted by atomic mass is 9.69. The summed E-state index contributed by atoms with van der Waals surface area (Å²) in [6, 6.07) is 0. The van der Waals surface area contributed by atoms with Crippen molar-refractivity contribution in [1.82, 2.24) is 5.32 Å². The molecular formula is C15H29N. The summed E-state index contributed by atoms with van der Waals surface area (Å²) in [6.07, 6.45) is 13.4. The first-order valence-electron chi connectivity index (χ1n) is 7.62. The fraction of sp³-hybridized carbons (Fsp3) is 1.00. The lowest BCUT2D eigenvalue weighted by Gasteiger charge is -2.38. The Kier molecular flexibility index (Phi) is 5.15. The summed E-state index contributed by atoms with van der Waals surface area (Å²) >= 11 is 0. The van der Waals surface area contributed by atoms with E-state index in [4.69, 9.17) is 0 Å². The van der Waals surface area contributed by atoms with E-state index in [0.717, 1.165) is 17.8 Å². The minimum absolute atomic E-state index is 0.999. The van der Waals surface area contributed by atoms with Crippen LogP contribution in [0, 0.1) is 17.8 Å². The molecule has 2 aliphatic rings. The summed E-state index contributed by atoms with van der Waals surface area (Å²) in [7, 11) is 0. The summed E-state index contributed by atoms with van der Waals surface area (Å²) < 4.78 is 0. The van der Waals surface area contributed by atoms with Crippen molar-refractivity contribution in [3.8, 4) is 0 Å². The molecule has 0 heterocycles. The highest BCUT2D eigenvalue weighted by Crippen LogP contribution is 2.42. The van der Waals surface area contributed by atoms with Gasteiger partial charge in [0.1, 0.15) is 0 Å². The number of nitrogens with one attached hydrogen (secondary N) is 1. The highest BCUT2D eigenvalue weighted by molar-refractivity contribution is 4.85. The summed E-state index contributed by atoms with van der Waals surface area (Å²) in [5, 5.41) is 3.67. The highest BCUT2D eigenvalue weighted by atomic mass is 14.9. The Bertz CT molecular complexity index is 186. The van der Waals surface area contributed by atoms with Crippen molar-refractivity contribution in [2.24, 2.45) is 17.8 Å². The first-order chi connectivity index (χ1) is 7.92. The minimum Gasteiger partial charge on any atom is -0.316 e. The molecule has 1 nitrogen and oxygen atoms in total. The van der Waals surface area contributed by atoms with Crippen LogP contribution in [0.5, 0.6) is 0 Å². The fourth-order valence-corrected chi connectivity index (χ4v) is 3.62. The van der Waals surface area contributed by atoms with Gasteiger partial charge in [-0.05, 0) is 50.1 Å². The first kappa shape index (κ1) is 12.4. The maximum Gasteiger partial charge on any atom is -0.00178 e. The van der Waals surface area contributed by atoms with Gasteiger partial charge in [-0.25, -0.2) is 0 Å². The maximum absolute atomic E-state index is 3.67. The van der Waals surface area contributed by atoms with Gasteiger partial charge >= 0.3 is 0 Å². The normalized spacial score (nSPS) is 32.1. The average Bonchev–Trinajstić information content (AvgIpc) is 2.43. The monoisotopic (exact) mass is 223 g/mol. The molecule has 2 saturated carbocycles. The summed E-state index contributed by atoms with van der Waals surface area (Å²) in [6.45, 7) is 4.78. The quantitative estimate of drug-likeness (QED) is 0.549. The van der Waals surface area contributed by atoms with Gasteiger partial charge in [0.25, 0.3) is 0 Å². The van der Waals surface area contributed by atoms with E-state index in [1.54, 1.807) is 0 Å². The van der Waals surface area contributed by atoms with Gasteiger partial charge < -0.3 is 5.32 Å². The third kappa shape index (κ3) is 3.23. The molecule has 0 aromatic carbocycles. The zero-order chi connectivity index (χ0) is 11.2. The van der Waals surface area contributed by atoms with Crippen LogP contribution < -0.4 is 5.32 Å². The third-order valence-corrected chi connectivity index (χ3v) is 4.81. The Labute approximate surface area is 101 Å². The van der Waals surface area contributed by atoms with Crippen molar-refractivity contribution in [3.63, 3.8) is 0 Å². The van der Waals surface area contributed by atoms with Crippen molar-refractivity contribution in [2.45, 2.75) is 64.7 Å². The van der Waals surface area contributed by atoms with Crippen molar-refractivity contribution in [1.29, 1.82) is 0 Å². The molecule has 16 heavy (non-hydrogen) atoms. The maximum atomic E-state index is 3.67. The lowest BCUT2D eigenvalue weighted by molar-refractivity contribution is 0.133. The molecule has 0 bridgehead atoms. The first-order valence-corrected chi connectivity index (χ1v) is 7.62. The molecule has 2 aliphatic carbocycles. The summed E-state index contributed by atoms with van der Waals surface area (Å²) in [5.41, 5.74) is 0. The molecule has 1 N–H and O–H groups in total. The van der Waals surface area contributed by atoms with Crippen molar-refractivity contribution in [3.05, 3.63) is 0 Å². The van der Waals surface area contributed by atoms with Crippen LogP contribution in [0.4, 0.5) is 0 Å². The van der Waals surface area contributed by atoms with E-state index in [-0.39, 0.29) is 0 Å². The summed E-state index contributed by atoms with van der Waals surface area (Å²) in [5.74, 6) is 3.17. The molecule has 0 aliphatic heterocycles. The van der Waals surface area contributed by atoms with E-state index >= 15 is 0 Å². The Balaban J connectivity index is 1.82. The van der Waals surface area contributed by atoms with E-state index in [9.17, 15) is 0 Å². The Morgan fingerprint density at radius 3 is 2.44 bits per heavy atom. The Morgan fingerprint density at radius 1 is 0.938 bits per heavy atom. The van der Waals surface area contributed by atoms with E-state index in [2.05, 4.69) is 12.2 Å². The number of hydrogen-bond acceptors (Lipinski definition) is 1. The summed E-state index contributed by atoms with van der Waals surface area (Å²) in [4.78, 5) is 0. The minimum atomic E-state index is 0.999. The highest BCUT2D eigenvalue weighted by Gasteiger charge is 2.33. The van der Waals surface area contributed by atoms with Gasteiger partial charge in [0.2, 0.25) is 0 Å². The Morgan fingerprint density at radius 2 is 1.75 bits per heavy atom. The van der Waals surface area contributed by atoms with Gasteiger partial charge in [-0.2, -0.15) is 0 Å². The predicted octanol–water partition coefficient (Wildman–Crippen LogP) is 3.98. The van der Waals surface area contributed by atoms with Crippen LogP contribution in [0.2, 0.25) is 0 Å². The molecule has 0 aromatic heterocycles. The van der Waals surface area contributed by atoms with Crippen molar-refractivity contribution >= 4 is 0 Å². The molecule has 0 spiro atoms. The topological polar surface area (TPSA) is 12.0 Å². The van der Waals surface area contributed by atoms with Gasteiger partial charge in [0, 0.05) is 0 Å². The standard InChI is InChI=1S/C15H29N/c1-2-11-16-12-14-7-4-3-5-10-15(14)13-8-6-9-13/h13-16H,2-12H2,1H3. The molecule has 2 rings (SSSR count). The van der Waals surface area contributed by atoms with Crippen LogP contribution in [0.25, 0.3) is 0 Å². The van der Waals surface area contributed by atoms with Crippen LogP contribution >= 0.6 is 0 Å². The Hall–Kier alpha value is -0.0400. The third-order valence-electron chi connectivity index (χ3n) is 4.81. The van der Waals surface area contributed by atoms with Crippen LogP contribution in [-0.2, 0) is 0 Å².